The summed E-state index contributed by atoms with van der Waals surface area (Å²) in [4.78, 5) is 19.6. The Kier molecular flexibility index (Phi) is 8.06. The van der Waals surface area contributed by atoms with Crippen molar-refractivity contribution in [2.24, 2.45) is 0 Å². The molecule has 0 atom stereocenters. The maximum absolute atomic E-state index is 13.3. The quantitative estimate of drug-likeness (QED) is 0.658. The molecule has 1 N–H and O–H groups in total. The fourth-order valence-corrected chi connectivity index (χ4v) is 3.39. The second-order valence-corrected chi connectivity index (χ2v) is 6.99. The van der Waals surface area contributed by atoms with Crippen molar-refractivity contribution in [1.29, 1.82) is 0 Å². The number of carbonyl (C=O) groups is 1. The van der Waals surface area contributed by atoms with Gasteiger partial charge in [-0.05, 0) is 42.0 Å². The summed E-state index contributed by atoms with van der Waals surface area (Å²) in [5, 5.41) is 3.51. The molecule has 7 heteroatoms. The van der Waals surface area contributed by atoms with Gasteiger partial charge in [0.05, 0.1) is 12.2 Å². The molecule has 1 heterocycles. The van der Waals surface area contributed by atoms with Gasteiger partial charge in [0.15, 0.2) is 0 Å². The molecule has 0 radical (unpaired) electrons. The van der Waals surface area contributed by atoms with Crippen molar-refractivity contribution in [3.05, 3.63) is 52.8 Å². The van der Waals surface area contributed by atoms with E-state index >= 15 is 0 Å². The number of amides is 1. The Bertz CT molecular complexity index is 786. The monoisotopic (exact) mass is 391 g/mol. The van der Waals surface area contributed by atoms with Gasteiger partial charge in [-0.25, -0.2) is 9.37 Å². The van der Waals surface area contributed by atoms with Gasteiger partial charge in [0, 0.05) is 27.2 Å². The van der Waals surface area contributed by atoms with Crippen LogP contribution in [0.4, 0.5) is 10.2 Å². The molecule has 146 valence electrons. The summed E-state index contributed by atoms with van der Waals surface area (Å²) in [5.74, 6) is 0.249. The highest BCUT2D eigenvalue weighted by Crippen LogP contribution is 2.27. The number of carbonyl (C=O) groups excluding carboxylic acids is 1. The lowest BCUT2D eigenvalue weighted by Crippen LogP contribution is -2.26. The van der Waals surface area contributed by atoms with Crippen LogP contribution in [0.3, 0.4) is 0 Å². The van der Waals surface area contributed by atoms with E-state index in [-0.39, 0.29) is 18.3 Å². The Labute approximate surface area is 164 Å². The van der Waals surface area contributed by atoms with Crippen LogP contribution in [-0.2, 0) is 17.9 Å². The Hall–Kier alpha value is -2.12. The summed E-state index contributed by atoms with van der Waals surface area (Å²) in [5.41, 5.74) is 2.00. The molecule has 0 aliphatic carbocycles. The molecule has 1 aromatic heterocycles. The number of benzene rings is 1. The van der Waals surface area contributed by atoms with Gasteiger partial charge in [0.2, 0.25) is 0 Å². The number of nitrogens with one attached hydrogen (secondary N) is 1. The first-order valence-corrected chi connectivity index (χ1v) is 10.0. The predicted octanol–water partition coefficient (Wildman–Crippen LogP) is 3.87. The van der Waals surface area contributed by atoms with Gasteiger partial charge >= 0.3 is 0 Å². The summed E-state index contributed by atoms with van der Waals surface area (Å²) < 4.78 is 18.6. The molecule has 0 saturated heterocycles. The minimum atomic E-state index is -0.323. The maximum atomic E-state index is 13.3. The minimum absolute atomic E-state index is 0.243. The molecule has 0 saturated carbocycles. The Morgan fingerprint density at radius 1 is 1.37 bits per heavy atom. The molecule has 1 amide bonds. The number of hydrogen-bond donors (Lipinski definition) is 1. The number of rotatable bonds is 9. The smallest absolute Gasteiger partial charge is 0.254 e. The van der Waals surface area contributed by atoms with E-state index in [9.17, 15) is 9.18 Å². The van der Waals surface area contributed by atoms with Crippen molar-refractivity contribution >= 4 is 23.5 Å². The molecule has 0 aliphatic rings. The summed E-state index contributed by atoms with van der Waals surface area (Å²) in [6.45, 7) is 3.54. The molecule has 0 unspecified atom stereocenters. The van der Waals surface area contributed by atoms with Crippen molar-refractivity contribution in [1.82, 2.24) is 10.3 Å². The summed E-state index contributed by atoms with van der Waals surface area (Å²) in [6.07, 6.45) is 2.90. The van der Waals surface area contributed by atoms with Crippen LogP contribution in [-0.4, -0.2) is 37.8 Å². The topological polar surface area (TPSA) is 54.5 Å². The van der Waals surface area contributed by atoms with E-state index in [1.807, 2.05) is 19.4 Å². The van der Waals surface area contributed by atoms with Crippen LogP contribution in [0, 0.1) is 5.82 Å². The number of aromatic nitrogens is 1. The zero-order valence-electron chi connectivity index (χ0n) is 16.2. The van der Waals surface area contributed by atoms with E-state index in [2.05, 4.69) is 22.1 Å². The van der Waals surface area contributed by atoms with Gasteiger partial charge in [0.25, 0.3) is 5.91 Å². The zero-order valence-corrected chi connectivity index (χ0v) is 17.0. The van der Waals surface area contributed by atoms with E-state index in [0.717, 1.165) is 24.3 Å². The molecule has 5 nitrogen and oxygen atoms in total. The number of thioether (sulfide) groups is 1. The zero-order chi connectivity index (χ0) is 19.8. The second kappa shape index (κ2) is 10.3. The third-order valence-electron chi connectivity index (χ3n) is 4.07. The number of nitrogens with zero attached hydrogens (tertiary/aromatic N) is 2. The summed E-state index contributed by atoms with van der Waals surface area (Å²) in [6, 6.07) is 8.09. The van der Waals surface area contributed by atoms with E-state index in [0.29, 0.717) is 22.8 Å². The van der Waals surface area contributed by atoms with E-state index in [4.69, 9.17) is 4.74 Å². The van der Waals surface area contributed by atoms with Crippen LogP contribution in [0.5, 0.6) is 0 Å². The molecule has 1 aromatic carbocycles. The Morgan fingerprint density at radius 2 is 2.15 bits per heavy atom. The highest BCUT2D eigenvalue weighted by molar-refractivity contribution is 7.98. The van der Waals surface area contributed by atoms with Gasteiger partial charge in [-0.1, -0.05) is 19.1 Å². The lowest BCUT2D eigenvalue weighted by atomic mass is 10.1. The fourth-order valence-electron chi connectivity index (χ4n) is 2.78. The molecule has 0 fully saturated rings. The van der Waals surface area contributed by atoms with Crippen molar-refractivity contribution in [2.75, 3.05) is 31.9 Å². The number of methoxy groups -OCH3 is 1. The first kappa shape index (κ1) is 21.2. The minimum Gasteiger partial charge on any atom is -0.380 e. The standard InChI is InChI=1S/C20H26FN3O2S/c1-5-9-24(2)17-11-15(13-26-3)18(20(23-17)27-4)19(25)22-12-14-7-6-8-16(21)10-14/h6-8,10-11H,5,9,12-13H2,1-4H3,(H,22,25). The van der Waals surface area contributed by atoms with E-state index in [1.54, 1.807) is 19.2 Å². The molecule has 2 aromatic rings. The summed E-state index contributed by atoms with van der Waals surface area (Å²) >= 11 is 1.42. The number of anilines is 1. The summed E-state index contributed by atoms with van der Waals surface area (Å²) in [7, 11) is 3.58. The predicted molar refractivity (Wildman–Crippen MR) is 108 cm³/mol. The van der Waals surface area contributed by atoms with Crippen LogP contribution in [0.15, 0.2) is 35.4 Å². The van der Waals surface area contributed by atoms with Gasteiger partial charge in [0.1, 0.15) is 16.7 Å². The van der Waals surface area contributed by atoms with Crippen molar-refractivity contribution in [3.8, 4) is 0 Å². The first-order chi connectivity index (χ1) is 13.0. The lowest BCUT2D eigenvalue weighted by Gasteiger charge is -2.21. The molecule has 0 spiro atoms. The Balaban J connectivity index is 2.30. The van der Waals surface area contributed by atoms with Gasteiger partial charge < -0.3 is 15.0 Å². The van der Waals surface area contributed by atoms with Gasteiger partial charge in [-0.15, -0.1) is 11.8 Å². The highest BCUT2D eigenvalue weighted by atomic mass is 32.2. The maximum Gasteiger partial charge on any atom is 0.254 e. The van der Waals surface area contributed by atoms with Crippen LogP contribution in [0.25, 0.3) is 0 Å². The van der Waals surface area contributed by atoms with E-state index in [1.165, 1.54) is 23.9 Å². The molecule has 0 bridgehead atoms. The number of ether oxygens (including phenoxy) is 1. The van der Waals surface area contributed by atoms with Crippen molar-refractivity contribution in [3.63, 3.8) is 0 Å². The molecule has 27 heavy (non-hydrogen) atoms. The second-order valence-electron chi connectivity index (χ2n) is 6.19. The van der Waals surface area contributed by atoms with Crippen molar-refractivity contribution in [2.45, 2.75) is 31.5 Å². The highest BCUT2D eigenvalue weighted by Gasteiger charge is 2.20. The largest absolute Gasteiger partial charge is 0.380 e. The third kappa shape index (κ3) is 5.68. The molecule has 0 aliphatic heterocycles. The normalized spacial score (nSPS) is 10.7. The molecular formula is C20H26FN3O2S. The fraction of sp³-hybridized carbons (Fsp3) is 0.400. The number of pyridine rings is 1. The average Bonchev–Trinajstić information content (AvgIpc) is 2.66. The molecular weight excluding hydrogens is 365 g/mol. The van der Waals surface area contributed by atoms with Gasteiger partial charge in [-0.3, -0.25) is 4.79 Å². The van der Waals surface area contributed by atoms with Crippen LogP contribution >= 0.6 is 11.8 Å². The van der Waals surface area contributed by atoms with E-state index < -0.39 is 0 Å². The number of halogens is 1. The molecule has 2 rings (SSSR count). The third-order valence-corrected chi connectivity index (χ3v) is 4.75. The van der Waals surface area contributed by atoms with Crippen LogP contribution in [0.1, 0.15) is 34.8 Å². The first-order valence-electron chi connectivity index (χ1n) is 8.80. The van der Waals surface area contributed by atoms with Crippen molar-refractivity contribution < 1.29 is 13.9 Å². The SMILES string of the molecule is CCCN(C)c1cc(COC)c(C(=O)NCc2cccc(F)c2)c(SC)n1. The van der Waals surface area contributed by atoms with Gasteiger partial charge in [-0.2, -0.15) is 0 Å². The van der Waals surface area contributed by atoms with Crippen LogP contribution in [0.2, 0.25) is 0 Å². The van der Waals surface area contributed by atoms with Crippen LogP contribution < -0.4 is 10.2 Å². The number of hydrogen-bond acceptors (Lipinski definition) is 5. The lowest BCUT2D eigenvalue weighted by molar-refractivity contribution is 0.0942. The average molecular weight is 392 g/mol. The Morgan fingerprint density at radius 3 is 2.78 bits per heavy atom.